The second-order valence-corrected chi connectivity index (χ2v) is 9.40. The fourth-order valence-corrected chi connectivity index (χ4v) is 5.12. The molecule has 6 heteroatoms. The molecule has 1 saturated heterocycles. The van der Waals surface area contributed by atoms with Crippen molar-refractivity contribution in [1.82, 2.24) is 9.55 Å². The first-order valence-electron chi connectivity index (χ1n) is 10.5. The zero-order valence-electron chi connectivity index (χ0n) is 17.3. The van der Waals surface area contributed by atoms with E-state index in [4.69, 9.17) is 4.84 Å². The third-order valence-corrected chi connectivity index (χ3v) is 6.58. The number of rotatable bonds is 6. The van der Waals surface area contributed by atoms with Crippen LogP contribution in [-0.4, -0.2) is 40.2 Å². The Kier molecular flexibility index (Phi) is 4.26. The summed E-state index contributed by atoms with van der Waals surface area (Å²) in [4.78, 5) is 24.0. The van der Waals surface area contributed by atoms with Gasteiger partial charge < -0.3 is 14.3 Å². The van der Waals surface area contributed by atoms with Gasteiger partial charge in [0.05, 0.1) is 5.71 Å². The second-order valence-electron chi connectivity index (χ2n) is 9.40. The number of imidazole rings is 1. The molecule has 6 nitrogen and oxygen atoms in total. The summed E-state index contributed by atoms with van der Waals surface area (Å²) in [7, 11) is 0. The summed E-state index contributed by atoms with van der Waals surface area (Å²) in [5.74, 6) is 2.73. The number of carbonyl (C=O) groups is 1. The maximum Gasteiger partial charge on any atom is 0.206 e. The van der Waals surface area contributed by atoms with Crippen LogP contribution in [0.1, 0.15) is 49.3 Å². The lowest BCUT2D eigenvalue weighted by molar-refractivity contribution is 0.0123. The Morgan fingerprint density at radius 1 is 1.24 bits per heavy atom. The van der Waals surface area contributed by atoms with E-state index >= 15 is 0 Å². The second kappa shape index (κ2) is 6.71. The number of aldehydes is 1. The highest BCUT2D eigenvalue weighted by molar-refractivity contribution is 5.91. The van der Waals surface area contributed by atoms with E-state index in [1.807, 2.05) is 12.3 Å². The van der Waals surface area contributed by atoms with Crippen molar-refractivity contribution in [2.24, 2.45) is 22.9 Å². The highest BCUT2D eigenvalue weighted by Crippen LogP contribution is 2.55. The van der Waals surface area contributed by atoms with E-state index in [0.717, 1.165) is 38.2 Å². The van der Waals surface area contributed by atoms with Crippen LogP contribution in [0.2, 0.25) is 0 Å². The minimum atomic E-state index is -0.159. The molecule has 29 heavy (non-hydrogen) atoms. The lowest BCUT2D eigenvalue weighted by Gasteiger charge is -2.25. The third kappa shape index (κ3) is 3.34. The first-order chi connectivity index (χ1) is 13.9. The molecule has 0 spiro atoms. The molecule has 0 bridgehead atoms. The van der Waals surface area contributed by atoms with Crippen molar-refractivity contribution in [2.75, 3.05) is 18.0 Å². The molecule has 0 N–H and O–H groups in total. The molecule has 2 aromatic rings. The third-order valence-electron chi connectivity index (χ3n) is 6.58. The van der Waals surface area contributed by atoms with E-state index in [9.17, 15) is 4.79 Å². The standard InChI is InChI=1S/C23H28N4O2/c1-15(9-16-7-5-4-6-8-16)27-11-17(14-28)24-22(27)26-12-18-19(13-26)21(18)20-10-23(2,3)29-25-20/h4-8,11,14-15,18-19,21H,9-10,12-13H2,1-3H3/t15-,18?,19?,21?/m0/s1. The van der Waals surface area contributed by atoms with Gasteiger partial charge in [0.15, 0.2) is 6.29 Å². The van der Waals surface area contributed by atoms with Crippen LogP contribution >= 0.6 is 0 Å². The van der Waals surface area contributed by atoms with E-state index < -0.39 is 0 Å². The number of carbonyl (C=O) groups excluding carboxylic acids is 1. The Labute approximate surface area is 171 Å². The molecule has 1 aliphatic carbocycles. The normalized spacial score (nSPS) is 27.9. The summed E-state index contributed by atoms with van der Waals surface area (Å²) >= 11 is 0. The smallest absolute Gasteiger partial charge is 0.206 e. The van der Waals surface area contributed by atoms with Crippen molar-refractivity contribution >= 4 is 17.9 Å². The first-order valence-corrected chi connectivity index (χ1v) is 10.5. The molecule has 3 atom stereocenters. The first kappa shape index (κ1) is 18.4. The van der Waals surface area contributed by atoms with E-state index in [0.29, 0.717) is 23.4 Å². The molecule has 152 valence electrons. The molecule has 1 aromatic carbocycles. The summed E-state index contributed by atoms with van der Waals surface area (Å²) in [5.41, 5.74) is 2.87. The number of aromatic nitrogens is 2. The van der Waals surface area contributed by atoms with Gasteiger partial charge >= 0.3 is 0 Å². The highest BCUT2D eigenvalue weighted by atomic mass is 16.7. The molecular weight excluding hydrogens is 364 g/mol. The average molecular weight is 393 g/mol. The Morgan fingerprint density at radius 2 is 1.97 bits per heavy atom. The van der Waals surface area contributed by atoms with Crippen molar-refractivity contribution in [1.29, 1.82) is 0 Å². The van der Waals surface area contributed by atoms with Gasteiger partial charge in [-0.2, -0.15) is 0 Å². The minimum Gasteiger partial charge on any atom is -0.389 e. The zero-order valence-corrected chi connectivity index (χ0v) is 17.3. The lowest BCUT2D eigenvalue weighted by Crippen LogP contribution is -2.30. The van der Waals surface area contributed by atoms with Crippen LogP contribution in [0.4, 0.5) is 5.95 Å². The van der Waals surface area contributed by atoms with Crippen LogP contribution < -0.4 is 4.90 Å². The summed E-state index contributed by atoms with van der Waals surface area (Å²) in [6, 6.07) is 10.7. The average Bonchev–Trinajstić information content (AvgIpc) is 3.10. The molecule has 0 amide bonds. The molecule has 5 rings (SSSR count). The maximum absolute atomic E-state index is 11.4. The van der Waals surface area contributed by atoms with Gasteiger partial charge in [0, 0.05) is 37.7 Å². The fraction of sp³-hybridized carbons (Fsp3) is 0.522. The zero-order chi connectivity index (χ0) is 20.2. The number of nitrogens with zero attached hydrogens (tertiary/aromatic N) is 4. The minimum absolute atomic E-state index is 0.159. The molecule has 0 radical (unpaired) electrons. The fourth-order valence-electron chi connectivity index (χ4n) is 5.12. The van der Waals surface area contributed by atoms with Crippen LogP contribution in [0.5, 0.6) is 0 Å². The Bertz CT molecular complexity index is 937. The van der Waals surface area contributed by atoms with E-state index in [1.165, 1.54) is 11.3 Å². The van der Waals surface area contributed by atoms with E-state index in [2.05, 4.69) is 64.6 Å². The number of anilines is 1. The number of oxime groups is 1. The van der Waals surface area contributed by atoms with Gasteiger partial charge in [-0.25, -0.2) is 4.98 Å². The molecule has 1 aromatic heterocycles. The van der Waals surface area contributed by atoms with Crippen molar-refractivity contribution in [3.63, 3.8) is 0 Å². The quantitative estimate of drug-likeness (QED) is 0.703. The van der Waals surface area contributed by atoms with Gasteiger partial charge in [-0.3, -0.25) is 4.79 Å². The highest BCUT2D eigenvalue weighted by Gasteiger charge is 2.60. The monoisotopic (exact) mass is 392 g/mol. The predicted octanol–water partition coefficient (Wildman–Crippen LogP) is 3.74. The number of benzene rings is 1. The topological polar surface area (TPSA) is 59.7 Å². The largest absolute Gasteiger partial charge is 0.389 e. The van der Waals surface area contributed by atoms with Crippen molar-refractivity contribution < 1.29 is 9.63 Å². The van der Waals surface area contributed by atoms with E-state index in [1.54, 1.807) is 0 Å². The molecule has 3 aliphatic rings. The van der Waals surface area contributed by atoms with Crippen LogP contribution in [0.25, 0.3) is 0 Å². The van der Waals surface area contributed by atoms with Crippen LogP contribution in [-0.2, 0) is 11.3 Å². The lowest BCUT2D eigenvalue weighted by atomic mass is 9.98. The molecule has 1 saturated carbocycles. The summed E-state index contributed by atoms with van der Waals surface area (Å²) in [6.45, 7) is 8.34. The molecule has 2 fully saturated rings. The van der Waals surface area contributed by atoms with Crippen LogP contribution in [0.3, 0.4) is 0 Å². The molecule has 2 aliphatic heterocycles. The van der Waals surface area contributed by atoms with Gasteiger partial charge in [0.2, 0.25) is 5.95 Å². The van der Waals surface area contributed by atoms with Gasteiger partial charge in [0.25, 0.3) is 0 Å². The number of hydrogen-bond donors (Lipinski definition) is 0. The van der Waals surface area contributed by atoms with Gasteiger partial charge in [0.1, 0.15) is 11.3 Å². The SMILES string of the molecule is C[C@@H](Cc1ccccc1)n1cc(C=O)nc1N1CC2C(C1)C2C1=NOC(C)(C)C1. The summed E-state index contributed by atoms with van der Waals surface area (Å²) in [6.07, 6.45) is 4.59. The van der Waals surface area contributed by atoms with Crippen molar-refractivity contribution in [3.8, 4) is 0 Å². The molecule has 3 heterocycles. The van der Waals surface area contributed by atoms with Crippen molar-refractivity contribution in [3.05, 3.63) is 47.8 Å². The van der Waals surface area contributed by atoms with Gasteiger partial charge in [-0.1, -0.05) is 35.5 Å². The summed E-state index contributed by atoms with van der Waals surface area (Å²) in [5, 5.41) is 4.37. The van der Waals surface area contributed by atoms with Crippen molar-refractivity contribution in [2.45, 2.75) is 45.3 Å². The van der Waals surface area contributed by atoms with Crippen LogP contribution in [0.15, 0.2) is 41.7 Å². The van der Waals surface area contributed by atoms with Gasteiger partial charge in [-0.05, 0) is 44.6 Å². The number of piperidine rings is 1. The maximum atomic E-state index is 11.4. The Balaban J connectivity index is 1.30. The molecule has 2 unspecified atom stereocenters. The number of fused-ring (bicyclic) bond motifs is 1. The predicted molar refractivity (Wildman–Crippen MR) is 112 cm³/mol. The summed E-state index contributed by atoms with van der Waals surface area (Å²) < 4.78 is 2.18. The molecular formula is C23H28N4O2. The van der Waals surface area contributed by atoms with Crippen LogP contribution in [0, 0.1) is 17.8 Å². The Hall–Kier alpha value is -2.63. The van der Waals surface area contributed by atoms with E-state index in [-0.39, 0.29) is 11.6 Å². The van der Waals surface area contributed by atoms with Gasteiger partial charge in [-0.15, -0.1) is 0 Å². The number of hydrogen-bond acceptors (Lipinski definition) is 5. The Morgan fingerprint density at radius 3 is 2.59 bits per heavy atom.